The first-order valence-electron chi connectivity index (χ1n) is 24.8. The standard InChI is InChI=1S/C46H28/c1-3-11-29(12-4-1)34-24-20-32-22-26-39-40(27-23-33-21-25-38(34)43(32)44(33)39)46-37-18-10-9-17-36(37)42(31-14-5-2-6-15-31)41-28-19-30-13-7-8-16-35(30)45(41)46/h1-28H/i1D,3D,4D,7D,8D,9D,10D,11D,12D,13D,16D,17D,19D,20D,21D,22D,23D,24D,26D,27D,28D. The van der Waals surface area contributed by atoms with Crippen LogP contribution in [0.2, 0.25) is 0 Å². The fourth-order valence-electron chi connectivity index (χ4n) is 6.52. The molecule has 0 heteroatoms. The van der Waals surface area contributed by atoms with Gasteiger partial charge in [0, 0.05) is 0 Å². The lowest BCUT2D eigenvalue weighted by Crippen LogP contribution is -1.94. The molecule has 0 saturated heterocycles. The maximum atomic E-state index is 9.83. The van der Waals surface area contributed by atoms with Crippen molar-refractivity contribution >= 4 is 64.6 Å². The van der Waals surface area contributed by atoms with Gasteiger partial charge in [-0.3, -0.25) is 0 Å². The summed E-state index contributed by atoms with van der Waals surface area (Å²) in [6.45, 7) is 0. The molecule has 0 heterocycles. The van der Waals surface area contributed by atoms with Crippen LogP contribution >= 0.6 is 0 Å². The van der Waals surface area contributed by atoms with Gasteiger partial charge in [0.15, 0.2) is 0 Å². The molecule has 0 aliphatic rings. The van der Waals surface area contributed by atoms with E-state index in [1.807, 2.05) is 0 Å². The lowest BCUT2D eigenvalue weighted by Gasteiger charge is -2.21. The van der Waals surface area contributed by atoms with Crippen molar-refractivity contribution in [1.29, 1.82) is 0 Å². The van der Waals surface area contributed by atoms with E-state index in [9.17, 15) is 15.1 Å². The summed E-state index contributed by atoms with van der Waals surface area (Å²) in [5.74, 6) is 0. The molecule has 0 radical (unpaired) electrons. The molecule has 0 bridgehead atoms. The van der Waals surface area contributed by atoms with Gasteiger partial charge in [-0.1, -0.05) is 169 Å². The van der Waals surface area contributed by atoms with E-state index in [1.54, 1.807) is 30.3 Å². The summed E-state index contributed by atoms with van der Waals surface area (Å²) in [7, 11) is 0. The van der Waals surface area contributed by atoms with Crippen LogP contribution in [0, 0.1) is 0 Å². The lowest BCUT2D eigenvalue weighted by atomic mass is 9.81. The third kappa shape index (κ3) is 3.56. The van der Waals surface area contributed by atoms with Crippen molar-refractivity contribution in [3.63, 3.8) is 0 Å². The minimum atomic E-state index is -0.756. The molecule has 212 valence electrons. The monoisotopic (exact) mass is 601 g/mol. The van der Waals surface area contributed by atoms with Gasteiger partial charge < -0.3 is 0 Å². The second-order valence-corrected chi connectivity index (χ2v) is 10.8. The maximum Gasteiger partial charge on any atom is 0.0630 e. The Labute approximate surface area is 296 Å². The van der Waals surface area contributed by atoms with Crippen molar-refractivity contribution in [2.24, 2.45) is 0 Å². The van der Waals surface area contributed by atoms with Crippen molar-refractivity contribution in [3.05, 3.63) is 169 Å². The Kier molecular flexibility index (Phi) is 2.64. The molecule has 0 aromatic heterocycles. The topological polar surface area (TPSA) is 0 Å². The van der Waals surface area contributed by atoms with Crippen LogP contribution in [0.5, 0.6) is 0 Å². The third-order valence-electron chi connectivity index (χ3n) is 8.41. The molecule has 10 aromatic carbocycles. The van der Waals surface area contributed by atoms with Gasteiger partial charge in [0.1, 0.15) is 0 Å². The van der Waals surface area contributed by atoms with Gasteiger partial charge in [0.25, 0.3) is 0 Å². The zero-order valence-corrected chi connectivity index (χ0v) is 23.5. The molecule has 0 aliphatic carbocycles. The zero-order valence-electron chi connectivity index (χ0n) is 44.5. The normalized spacial score (nSPS) is 18.3. The smallest absolute Gasteiger partial charge is 0.0622 e. The molecule has 10 aromatic rings. The highest BCUT2D eigenvalue weighted by Gasteiger charge is 2.21. The highest BCUT2D eigenvalue weighted by molar-refractivity contribution is 6.33. The molecule has 0 aliphatic heterocycles. The van der Waals surface area contributed by atoms with Crippen molar-refractivity contribution in [3.8, 4) is 33.4 Å². The van der Waals surface area contributed by atoms with E-state index in [1.165, 1.54) is 6.07 Å². The van der Waals surface area contributed by atoms with Crippen LogP contribution in [0.3, 0.4) is 0 Å². The number of benzene rings is 10. The van der Waals surface area contributed by atoms with Crippen molar-refractivity contribution in [1.82, 2.24) is 0 Å². The van der Waals surface area contributed by atoms with E-state index in [0.29, 0.717) is 5.56 Å². The summed E-state index contributed by atoms with van der Waals surface area (Å²) < 4.78 is 191. The van der Waals surface area contributed by atoms with Gasteiger partial charge in [-0.25, -0.2) is 0 Å². The average molecular weight is 602 g/mol. The molecular formula is C46H28. The van der Waals surface area contributed by atoms with Crippen LogP contribution in [-0.4, -0.2) is 0 Å². The molecule has 0 N–H and O–H groups in total. The quantitative estimate of drug-likeness (QED) is 0.140. The Morgan fingerprint density at radius 2 is 0.978 bits per heavy atom. The average Bonchev–Trinajstić information content (AvgIpc) is 3.30. The molecule has 0 saturated carbocycles. The first-order valence-corrected chi connectivity index (χ1v) is 14.3. The molecule has 0 spiro atoms. The Balaban J connectivity index is 1.59. The Bertz CT molecular complexity index is 3950. The summed E-state index contributed by atoms with van der Waals surface area (Å²) in [5.41, 5.74) is -1.11. The molecule has 0 atom stereocenters. The summed E-state index contributed by atoms with van der Waals surface area (Å²) in [6.07, 6.45) is 0. The predicted molar refractivity (Wildman–Crippen MR) is 199 cm³/mol. The van der Waals surface area contributed by atoms with E-state index in [-0.39, 0.29) is 75.9 Å². The molecule has 10 rings (SSSR count). The predicted octanol–water partition coefficient (Wildman–Crippen LogP) is 13.0. The number of rotatable bonds is 3. The van der Waals surface area contributed by atoms with Crippen LogP contribution in [0.15, 0.2) is 169 Å². The van der Waals surface area contributed by atoms with Crippen LogP contribution in [0.1, 0.15) is 28.8 Å². The van der Waals surface area contributed by atoms with E-state index >= 15 is 0 Å². The van der Waals surface area contributed by atoms with Gasteiger partial charge in [0.2, 0.25) is 0 Å². The van der Waals surface area contributed by atoms with E-state index < -0.39 is 143 Å². The van der Waals surface area contributed by atoms with E-state index in [4.69, 9.17) is 13.7 Å². The number of fused-ring (bicyclic) bond motifs is 4. The Hall–Kier alpha value is -5.98. The lowest BCUT2D eigenvalue weighted by molar-refractivity contribution is 1.66. The molecular weight excluding hydrogens is 553 g/mol. The molecule has 46 heavy (non-hydrogen) atoms. The first kappa shape index (κ1) is 12.4. The van der Waals surface area contributed by atoms with Gasteiger partial charge in [-0.05, 0) is 98.0 Å². The second kappa shape index (κ2) is 9.76. The van der Waals surface area contributed by atoms with Crippen LogP contribution < -0.4 is 0 Å². The minimum Gasteiger partial charge on any atom is -0.0622 e. The molecule has 0 nitrogen and oxygen atoms in total. The minimum absolute atomic E-state index is 0.0711. The van der Waals surface area contributed by atoms with E-state index in [0.717, 1.165) is 6.07 Å². The van der Waals surface area contributed by atoms with Crippen molar-refractivity contribution in [2.75, 3.05) is 0 Å². The molecule has 0 amide bonds. The molecule has 0 unspecified atom stereocenters. The van der Waals surface area contributed by atoms with Crippen molar-refractivity contribution in [2.45, 2.75) is 0 Å². The third-order valence-corrected chi connectivity index (χ3v) is 8.41. The van der Waals surface area contributed by atoms with Crippen LogP contribution in [-0.2, 0) is 0 Å². The zero-order chi connectivity index (χ0) is 48.5. The fraction of sp³-hybridized carbons (Fsp3) is 0. The highest BCUT2D eigenvalue weighted by atomic mass is 14.2. The Morgan fingerprint density at radius 3 is 1.87 bits per heavy atom. The summed E-state index contributed by atoms with van der Waals surface area (Å²) in [4.78, 5) is 0. The number of hydrogen-bond acceptors (Lipinski definition) is 0. The largest absolute Gasteiger partial charge is 0.0630 e. The first-order chi connectivity index (χ1) is 31.6. The van der Waals surface area contributed by atoms with Crippen molar-refractivity contribution < 1.29 is 28.8 Å². The van der Waals surface area contributed by atoms with Crippen LogP contribution in [0.4, 0.5) is 0 Å². The summed E-state index contributed by atoms with van der Waals surface area (Å²) in [5, 5.41) is -2.71. The van der Waals surface area contributed by atoms with Gasteiger partial charge in [-0.2, -0.15) is 0 Å². The number of hydrogen-bond donors (Lipinski definition) is 0. The van der Waals surface area contributed by atoms with Crippen LogP contribution in [0.25, 0.3) is 98.0 Å². The Morgan fingerprint density at radius 1 is 0.304 bits per heavy atom. The maximum absolute atomic E-state index is 9.83. The van der Waals surface area contributed by atoms with Gasteiger partial charge >= 0.3 is 0 Å². The second-order valence-electron chi connectivity index (χ2n) is 10.8. The van der Waals surface area contributed by atoms with E-state index in [2.05, 4.69) is 0 Å². The fourth-order valence-corrected chi connectivity index (χ4v) is 6.52. The summed E-state index contributed by atoms with van der Waals surface area (Å²) >= 11 is 0. The SMILES string of the molecule is [2H]c1cc2c(-c3c([2H])c([2H])c4c([2H])cc5c(-c6c([2H])c([2H])c([2H])c([2H])c6[2H])c([2H])c([2H])c6c([2H])c([2H])c3c4c56)c3c(c([2H])c([2H])c4c([2H])c([2H])c([2H])c([2H])c43)c(-c3ccccc3)c2c([2H])c1[2H]. The van der Waals surface area contributed by atoms with Gasteiger partial charge in [0.05, 0.1) is 28.8 Å². The molecule has 0 fully saturated rings. The summed E-state index contributed by atoms with van der Waals surface area (Å²) in [6, 6.07) is -3.35. The highest BCUT2D eigenvalue weighted by Crippen LogP contribution is 2.49. The van der Waals surface area contributed by atoms with Gasteiger partial charge in [-0.15, -0.1) is 0 Å².